The molecule has 1 heteroatoms. The van der Waals surface area contributed by atoms with Gasteiger partial charge in [-0.1, -0.05) is 72.8 Å². The summed E-state index contributed by atoms with van der Waals surface area (Å²) in [7, 11) is 2.16. The standard InChI is InChI=1S/C18H21N/c1-16(13-14-17-9-5-3-6-10-17)19(2)15-18-11-7-4-8-12-18/h3-14,16H,15H2,1-2H3/b14-13+/t16-/m0/s1. The number of likely N-dealkylation sites (N-methyl/N-ethyl adjacent to an activating group) is 1. The molecule has 0 aliphatic carbocycles. The maximum absolute atomic E-state index is 2.34. The molecular formula is C18H21N. The van der Waals surface area contributed by atoms with Gasteiger partial charge in [0.2, 0.25) is 0 Å². The molecule has 19 heavy (non-hydrogen) atoms. The van der Waals surface area contributed by atoms with Crippen LogP contribution in [0.25, 0.3) is 6.08 Å². The second-order valence-electron chi connectivity index (χ2n) is 4.91. The van der Waals surface area contributed by atoms with Crippen LogP contribution in [0.3, 0.4) is 0 Å². The van der Waals surface area contributed by atoms with E-state index in [1.54, 1.807) is 0 Å². The van der Waals surface area contributed by atoms with Crippen LogP contribution >= 0.6 is 0 Å². The Morgan fingerprint density at radius 1 is 0.947 bits per heavy atom. The Morgan fingerprint density at radius 3 is 2.16 bits per heavy atom. The molecule has 0 aliphatic rings. The van der Waals surface area contributed by atoms with E-state index < -0.39 is 0 Å². The van der Waals surface area contributed by atoms with E-state index in [2.05, 4.69) is 85.6 Å². The maximum Gasteiger partial charge on any atom is 0.0253 e. The highest BCUT2D eigenvalue weighted by molar-refractivity contribution is 5.49. The average molecular weight is 251 g/mol. The number of hydrogen-bond acceptors (Lipinski definition) is 1. The highest BCUT2D eigenvalue weighted by atomic mass is 15.1. The fourth-order valence-corrected chi connectivity index (χ4v) is 1.98. The summed E-state index contributed by atoms with van der Waals surface area (Å²) >= 11 is 0. The Balaban J connectivity index is 1.92. The summed E-state index contributed by atoms with van der Waals surface area (Å²) in [5, 5.41) is 0. The number of benzene rings is 2. The van der Waals surface area contributed by atoms with Gasteiger partial charge in [-0.2, -0.15) is 0 Å². The zero-order chi connectivity index (χ0) is 13.5. The van der Waals surface area contributed by atoms with Crippen molar-refractivity contribution in [2.75, 3.05) is 7.05 Å². The number of rotatable bonds is 5. The van der Waals surface area contributed by atoms with E-state index in [4.69, 9.17) is 0 Å². The summed E-state index contributed by atoms with van der Waals surface area (Å²) in [6.07, 6.45) is 4.43. The summed E-state index contributed by atoms with van der Waals surface area (Å²) in [6.45, 7) is 3.20. The van der Waals surface area contributed by atoms with Crippen molar-refractivity contribution >= 4 is 6.08 Å². The Kier molecular flexibility index (Phi) is 4.93. The molecule has 0 saturated heterocycles. The van der Waals surface area contributed by atoms with E-state index >= 15 is 0 Å². The van der Waals surface area contributed by atoms with Crippen LogP contribution < -0.4 is 0 Å². The predicted molar refractivity (Wildman–Crippen MR) is 82.8 cm³/mol. The van der Waals surface area contributed by atoms with E-state index in [9.17, 15) is 0 Å². The molecule has 0 radical (unpaired) electrons. The Morgan fingerprint density at radius 2 is 1.53 bits per heavy atom. The van der Waals surface area contributed by atoms with Crippen LogP contribution in [0.2, 0.25) is 0 Å². The lowest BCUT2D eigenvalue weighted by atomic mass is 10.1. The van der Waals surface area contributed by atoms with Gasteiger partial charge in [-0.25, -0.2) is 0 Å². The Bertz CT molecular complexity index is 502. The van der Waals surface area contributed by atoms with Gasteiger partial charge >= 0.3 is 0 Å². The van der Waals surface area contributed by atoms with Crippen LogP contribution in [0, 0.1) is 0 Å². The van der Waals surface area contributed by atoms with E-state index in [-0.39, 0.29) is 0 Å². The lowest BCUT2D eigenvalue weighted by Gasteiger charge is -2.22. The molecule has 0 heterocycles. The molecule has 2 rings (SSSR count). The minimum absolute atomic E-state index is 0.417. The molecular weight excluding hydrogens is 230 g/mol. The van der Waals surface area contributed by atoms with Crippen molar-refractivity contribution in [3.63, 3.8) is 0 Å². The van der Waals surface area contributed by atoms with Crippen molar-refractivity contribution in [1.29, 1.82) is 0 Å². The molecule has 1 atom stereocenters. The fourth-order valence-electron chi connectivity index (χ4n) is 1.98. The highest BCUT2D eigenvalue weighted by Gasteiger charge is 2.05. The SMILES string of the molecule is C[C@@H](/C=C/c1ccccc1)N(C)Cc1ccccc1. The van der Waals surface area contributed by atoms with Crippen molar-refractivity contribution in [2.24, 2.45) is 0 Å². The van der Waals surface area contributed by atoms with E-state index in [0.717, 1.165) is 6.54 Å². The first-order valence-electron chi connectivity index (χ1n) is 6.73. The van der Waals surface area contributed by atoms with Gasteiger partial charge in [0, 0.05) is 12.6 Å². The maximum atomic E-state index is 2.34. The van der Waals surface area contributed by atoms with Gasteiger partial charge in [-0.05, 0) is 25.1 Å². The molecule has 0 amide bonds. The molecule has 2 aromatic rings. The molecule has 98 valence electrons. The van der Waals surface area contributed by atoms with Crippen LogP contribution in [0.5, 0.6) is 0 Å². The molecule has 2 aromatic carbocycles. The van der Waals surface area contributed by atoms with Gasteiger partial charge in [0.1, 0.15) is 0 Å². The van der Waals surface area contributed by atoms with Gasteiger partial charge in [0.25, 0.3) is 0 Å². The summed E-state index contributed by atoms with van der Waals surface area (Å²) in [6, 6.07) is 21.4. The Labute approximate surface area is 116 Å². The first-order valence-corrected chi connectivity index (χ1v) is 6.73. The smallest absolute Gasteiger partial charge is 0.0253 e. The quantitative estimate of drug-likeness (QED) is 0.769. The first kappa shape index (κ1) is 13.6. The third-order valence-electron chi connectivity index (χ3n) is 3.34. The highest BCUT2D eigenvalue weighted by Crippen LogP contribution is 2.09. The van der Waals surface area contributed by atoms with Gasteiger partial charge in [-0.3, -0.25) is 4.90 Å². The Hall–Kier alpha value is -1.86. The van der Waals surface area contributed by atoms with E-state index in [0.29, 0.717) is 6.04 Å². The van der Waals surface area contributed by atoms with Gasteiger partial charge in [0.05, 0.1) is 0 Å². The molecule has 0 bridgehead atoms. The molecule has 0 aromatic heterocycles. The average Bonchev–Trinajstić information content (AvgIpc) is 2.47. The van der Waals surface area contributed by atoms with Crippen molar-refractivity contribution in [2.45, 2.75) is 19.5 Å². The van der Waals surface area contributed by atoms with Gasteiger partial charge < -0.3 is 0 Å². The van der Waals surface area contributed by atoms with Crippen molar-refractivity contribution in [1.82, 2.24) is 4.90 Å². The summed E-state index contributed by atoms with van der Waals surface area (Å²) < 4.78 is 0. The van der Waals surface area contributed by atoms with Crippen LogP contribution in [0.1, 0.15) is 18.1 Å². The number of nitrogens with zero attached hydrogens (tertiary/aromatic N) is 1. The van der Waals surface area contributed by atoms with Gasteiger partial charge in [-0.15, -0.1) is 0 Å². The monoisotopic (exact) mass is 251 g/mol. The third-order valence-corrected chi connectivity index (χ3v) is 3.34. The van der Waals surface area contributed by atoms with E-state index in [1.807, 2.05) is 6.07 Å². The number of hydrogen-bond donors (Lipinski definition) is 0. The topological polar surface area (TPSA) is 3.24 Å². The molecule has 0 saturated carbocycles. The molecule has 0 unspecified atom stereocenters. The predicted octanol–water partition coefficient (Wildman–Crippen LogP) is 4.22. The molecule has 1 nitrogen and oxygen atoms in total. The largest absolute Gasteiger partial charge is 0.296 e. The lowest BCUT2D eigenvalue weighted by molar-refractivity contribution is 0.289. The molecule has 0 fully saturated rings. The second-order valence-corrected chi connectivity index (χ2v) is 4.91. The summed E-state index contributed by atoms with van der Waals surface area (Å²) in [5.74, 6) is 0. The fraction of sp³-hybridized carbons (Fsp3) is 0.222. The van der Waals surface area contributed by atoms with Gasteiger partial charge in [0.15, 0.2) is 0 Å². The summed E-state index contributed by atoms with van der Waals surface area (Å²) in [5.41, 5.74) is 2.60. The van der Waals surface area contributed by atoms with E-state index in [1.165, 1.54) is 11.1 Å². The molecule has 0 aliphatic heterocycles. The van der Waals surface area contributed by atoms with Crippen molar-refractivity contribution in [3.05, 3.63) is 77.9 Å². The second kappa shape index (κ2) is 6.91. The van der Waals surface area contributed by atoms with Crippen molar-refractivity contribution < 1.29 is 0 Å². The van der Waals surface area contributed by atoms with Crippen molar-refractivity contribution in [3.8, 4) is 0 Å². The zero-order valence-electron chi connectivity index (χ0n) is 11.7. The summed E-state index contributed by atoms with van der Waals surface area (Å²) in [4.78, 5) is 2.34. The van der Waals surface area contributed by atoms with Crippen LogP contribution in [0.15, 0.2) is 66.7 Å². The third kappa shape index (κ3) is 4.38. The zero-order valence-corrected chi connectivity index (χ0v) is 11.7. The van der Waals surface area contributed by atoms with Crippen LogP contribution in [-0.4, -0.2) is 18.0 Å². The lowest BCUT2D eigenvalue weighted by Crippen LogP contribution is -2.26. The minimum Gasteiger partial charge on any atom is -0.296 e. The normalized spacial score (nSPS) is 13.0. The van der Waals surface area contributed by atoms with Crippen LogP contribution in [0.4, 0.5) is 0 Å². The van der Waals surface area contributed by atoms with Crippen LogP contribution in [-0.2, 0) is 6.54 Å². The molecule has 0 N–H and O–H groups in total. The minimum atomic E-state index is 0.417. The first-order chi connectivity index (χ1) is 9.25. The molecule has 0 spiro atoms.